The van der Waals surface area contributed by atoms with E-state index in [1.165, 1.54) is 11.8 Å². The monoisotopic (exact) mass is 436 g/mol. The predicted octanol–water partition coefficient (Wildman–Crippen LogP) is 3.90. The molecule has 1 aromatic rings. The summed E-state index contributed by atoms with van der Waals surface area (Å²) in [6, 6.07) is 9.24. The van der Waals surface area contributed by atoms with Crippen molar-refractivity contribution in [2.75, 3.05) is 12.4 Å². The third kappa shape index (κ3) is 5.44. The summed E-state index contributed by atoms with van der Waals surface area (Å²) in [5, 5.41) is 19.2. The zero-order valence-corrected chi connectivity index (χ0v) is 18.1. The summed E-state index contributed by atoms with van der Waals surface area (Å²) in [6.07, 6.45) is 0.725. The van der Waals surface area contributed by atoms with E-state index in [0.717, 1.165) is 18.4 Å². The Labute approximate surface area is 180 Å². The standard InChI is InChI=1S/C21H25ClN2O4S/c1-21(2,12-23)29-11-17(14-3-4-14)24-16(13-5-7-15(22)8-6-13)10-28-18(20(24)27)9-19(25)26/h5-8,14,16-18H,3-4,9-11H2,1-2H3,(H,25,26). The Morgan fingerprint density at radius 2 is 2.07 bits per heavy atom. The molecule has 8 heteroatoms. The predicted molar refractivity (Wildman–Crippen MR) is 112 cm³/mol. The molecule has 1 aliphatic carbocycles. The van der Waals surface area contributed by atoms with E-state index in [0.29, 0.717) is 16.7 Å². The molecule has 156 valence electrons. The highest BCUT2D eigenvalue weighted by Crippen LogP contribution is 2.43. The van der Waals surface area contributed by atoms with Gasteiger partial charge in [-0.05, 0) is 50.3 Å². The van der Waals surface area contributed by atoms with E-state index in [2.05, 4.69) is 6.07 Å². The van der Waals surface area contributed by atoms with Crippen LogP contribution in [-0.2, 0) is 14.3 Å². The highest BCUT2D eigenvalue weighted by atomic mass is 35.5. The Morgan fingerprint density at radius 1 is 1.41 bits per heavy atom. The Kier molecular flexibility index (Phi) is 6.77. The molecule has 1 amide bonds. The van der Waals surface area contributed by atoms with Crippen molar-refractivity contribution in [3.8, 4) is 6.07 Å². The van der Waals surface area contributed by atoms with Crippen LogP contribution in [0.15, 0.2) is 24.3 Å². The van der Waals surface area contributed by atoms with Gasteiger partial charge in [0.2, 0.25) is 0 Å². The number of benzene rings is 1. The molecule has 1 N–H and O–H groups in total. The first kappa shape index (κ1) is 21.9. The van der Waals surface area contributed by atoms with Crippen LogP contribution in [0.4, 0.5) is 0 Å². The minimum atomic E-state index is -1.06. The number of amides is 1. The number of nitriles is 1. The summed E-state index contributed by atoms with van der Waals surface area (Å²) >= 11 is 7.56. The highest BCUT2D eigenvalue weighted by molar-refractivity contribution is 8.00. The van der Waals surface area contributed by atoms with Gasteiger partial charge in [0.15, 0.2) is 0 Å². The Bertz CT molecular complexity index is 804. The second-order valence-electron chi connectivity index (χ2n) is 8.07. The maximum absolute atomic E-state index is 13.3. The molecule has 0 bridgehead atoms. The number of morpholine rings is 1. The number of hydrogen-bond acceptors (Lipinski definition) is 5. The minimum absolute atomic E-state index is 0.0685. The van der Waals surface area contributed by atoms with Crippen molar-refractivity contribution >= 4 is 35.2 Å². The maximum Gasteiger partial charge on any atom is 0.306 e. The van der Waals surface area contributed by atoms with Crippen LogP contribution in [0.5, 0.6) is 0 Å². The molecule has 3 rings (SSSR count). The van der Waals surface area contributed by atoms with Crippen LogP contribution < -0.4 is 0 Å². The zero-order chi connectivity index (χ0) is 21.2. The Balaban J connectivity index is 1.91. The molecule has 2 aliphatic rings. The molecule has 0 aromatic heterocycles. The Morgan fingerprint density at radius 3 is 2.62 bits per heavy atom. The van der Waals surface area contributed by atoms with Crippen molar-refractivity contribution in [2.24, 2.45) is 5.92 Å². The molecular weight excluding hydrogens is 412 g/mol. The lowest BCUT2D eigenvalue weighted by molar-refractivity contribution is -0.169. The van der Waals surface area contributed by atoms with E-state index in [1.54, 1.807) is 12.1 Å². The van der Waals surface area contributed by atoms with Gasteiger partial charge in [0.1, 0.15) is 6.10 Å². The summed E-state index contributed by atoms with van der Waals surface area (Å²) in [4.78, 5) is 26.4. The molecule has 1 saturated carbocycles. The molecular formula is C21H25ClN2O4S. The van der Waals surface area contributed by atoms with E-state index < -0.39 is 16.8 Å². The van der Waals surface area contributed by atoms with E-state index in [1.807, 2.05) is 30.9 Å². The average molecular weight is 437 g/mol. The third-order valence-corrected chi connectivity index (χ3v) is 6.92. The zero-order valence-electron chi connectivity index (χ0n) is 16.5. The lowest BCUT2D eigenvalue weighted by Crippen LogP contribution is -2.55. The van der Waals surface area contributed by atoms with E-state index in [9.17, 15) is 20.0 Å². The van der Waals surface area contributed by atoms with Crippen molar-refractivity contribution in [1.29, 1.82) is 5.26 Å². The van der Waals surface area contributed by atoms with Crippen LogP contribution in [0, 0.1) is 17.2 Å². The summed E-state index contributed by atoms with van der Waals surface area (Å²) in [6.45, 7) is 3.97. The minimum Gasteiger partial charge on any atom is -0.481 e. The molecule has 1 aromatic carbocycles. The normalized spacial score (nSPS) is 23.5. The van der Waals surface area contributed by atoms with E-state index in [4.69, 9.17) is 16.3 Å². The summed E-state index contributed by atoms with van der Waals surface area (Å²) in [5.41, 5.74) is 0.909. The molecule has 0 spiro atoms. The number of ether oxygens (including phenoxy) is 1. The molecule has 0 radical (unpaired) electrons. The van der Waals surface area contributed by atoms with Crippen molar-refractivity contribution in [3.05, 3.63) is 34.9 Å². The molecule has 29 heavy (non-hydrogen) atoms. The van der Waals surface area contributed by atoms with Crippen LogP contribution in [0.1, 0.15) is 44.7 Å². The topological polar surface area (TPSA) is 90.6 Å². The van der Waals surface area contributed by atoms with Crippen molar-refractivity contribution in [1.82, 2.24) is 4.90 Å². The van der Waals surface area contributed by atoms with Gasteiger partial charge in [-0.1, -0.05) is 23.7 Å². The highest BCUT2D eigenvalue weighted by Gasteiger charge is 2.46. The second-order valence-corrected chi connectivity index (χ2v) is 10.1. The van der Waals surface area contributed by atoms with Gasteiger partial charge in [0.25, 0.3) is 5.91 Å². The number of carbonyl (C=O) groups excluding carboxylic acids is 1. The number of carbonyl (C=O) groups is 2. The van der Waals surface area contributed by atoms with Crippen LogP contribution >= 0.6 is 23.4 Å². The number of hydrogen-bond donors (Lipinski definition) is 1. The number of carboxylic acids is 1. The van der Waals surface area contributed by atoms with Crippen LogP contribution in [0.2, 0.25) is 5.02 Å². The second kappa shape index (κ2) is 8.95. The lowest BCUT2D eigenvalue weighted by atomic mass is 9.98. The number of aliphatic carboxylic acids is 1. The summed E-state index contributed by atoms with van der Waals surface area (Å²) in [7, 11) is 0. The number of carboxylic acid groups (broad SMARTS) is 1. The molecule has 2 fully saturated rings. The first-order valence-corrected chi connectivity index (χ1v) is 11.0. The number of thioether (sulfide) groups is 1. The fourth-order valence-corrected chi connectivity index (χ4v) is 4.78. The fraction of sp³-hybridized carbons (Fsp3) is 0.571. The molecule has 1 aliphatic heterocycles. The third-order valence-electron chi connectivity index (χ3n) is 5.34. The van der Waals surface area contributed by atoms with Crippen molar-refractivity contribution in [2.45, 2.75) is 56.0 Å². The molecule has 1 saturated heterocycles. The fourth-order valence-electron chi connectivity index (χ4n) is 3.57. The van der Waals surface area contributed by atoms with Gasteiger partial charge in [-0.3, -0.25) is 9.59 Å². The van der Waals surface area contributed by atoms with Crippen LogP contribution in [-0.4, -0.2) is 51.1 Å². The van der Waals surface area contributed by atoms with Gasteiger partial charge in [-0.2, -0.15) is 5.26 Å². The van der Waals surface area contributed by atoms with Gasteiger partial charge >= 0.3 is 5.97 Å². The smallest absolute Gasteiger partial charge is 0.306 e. The lowest BCUT2D eigenvalue weighted by Gasteiger charge is -2.44. The van der Waals surface area contributed by atoms with Gasteiger partial charge in [-0.15, -0.1) is 11.8 Å². The molecule has 3 atom stereocenters. The van der Waals surface area contributed by atoms with Crippen LogP contribution in [0.25, 0.3) is 0 Å². The maximum atomic E-state index is 13.3. The SMILES string of the molecule is CC(C)(C#N)SCC(C1CC1)N1C(=O)C(CC(=O)O)OCC1c1ccc(Cl)cc1. The van der Waals surface area contributed by atoms with Gasteiger partial charge < -0.3 is 14.7 Å². The van der Waals surface area contributed by atoms with Gasteiger partial charge in [0, 0.05) is 16.8 Å². The first-order chi connectivity index (χ1) is 13.7. The quantitative estimate of drug-likeness (QED) is 0.664. The number of rotatable bonds is 8. The summed E-state index contributed by atoms with van der Waals surface area (Å²) in [5.74, 6) is -0.359. The van der Waals surface area contributed by atoms with Gasteiger partial charge in [-0.25, -0.2) is 0 Å². The Hall–Kier alpha value is -1.75. The van der Waals surface area contributed by atoms with E-state index in [-0.39, 0.29) is 31.0 Å². The van der Waals surface area contributed by atoms with E-state index >= 15 is 0 Å². The molecule has 3 unspecified atom stereocenters. The summed E-state index contributed by atoms with van der Waals surface area (Å²) < 4.78 is 5.12. The average Bonchev–Trinajstić information content (AvgIpc) is 3.50. The largest absolute Gasteiger partial charge is 0.481 e. The molecule has 6 nitrogen and oxygen atoms in total. The van der Waals surface area contributed by atoms with Gasteiger partial charge in [0.05, 0.1) is 29.9 Å². The first-order valence-electron chi connectivity index (χ1n) is 9.68. The van der Waals surface area contributed by atoms with Crippen molar-refractivity contribution < 1.29 is 19.4 Å². The van der Waals surface area contributed by atoms with Crippen LogP contribution in [0.3, 0.4) is 0 Å². The number of nitrogens with zero attached hydrogens (tertiary/aromatic N) is 2. The van der Waals surface area contributed by atoms with Crippen molar-refractivity contribution in [3.63, 3.8) is 0 Å². The number of halogens is 1. The molecule has 1 heterocycles.